The molecule has 20 heavy (non-hydrogen) atoms. The first-order valence-corrected chi connectivity index (χ1v) is 6.68. The predicted molar refractivity (Wildman–Crippen MR) is 78.7 cm³/mol. The lowest BCUT2D eigenvalue weighted by atomic mass is 10.2. The minimum Gasteiger partial charge on any atom is -0.465 e. The number of anilines is 1. The van der Waals surface area contributed by atoms with Crippen molar-refractivity contribution in [2.45, 2.75) is 0 Å². The molecule has 0 spiro atoms. The zero-order valence-electron chi connectivity index (χ0n) is 10.5. The molecule has 0 saturated heterocycles. The molecule has 1 amide bonds. The highest BCUT2D eigenvalue weighted by Crippen LogP contribution is 2.26. The van der Waals surface area contributed by atoms with Crippen molar-refractivity contribution in [2.24, 2.45) is 5.73 Å². The maximum atomic E-state index is 11.5. The van der Waals surface area contributed by atoms with E-state index in [0.717, 1.165) is 11.3 Å². The van der Waals surface area contributed by atoms with Crippen LogP contribution in [0.4, 0.5) is 5.82 Å². The Morgan fingerprint density at radius 3 is 2.65 bits per heavy atom. The molecule has 0 aliphatic rings. The van der Waals surface area contributed by atoms with Crippen LogP contribution in [0.2, 0.25) is 0 Å². The molecular formula is C12H11N3O3S2. The van der Waals surface area contributed by atoms with Gasteiger partial charge in [-0.15, -0.1) is 0 Å². The highest BCUT2D eigenvalue weighted by Gasteiger charge is 2.16. The van der Waals surface area contributed by atoms with Gasteiger partial charge in [0.05, 0.1) is 18.4 Å². The van der Waals surface area contributed by atoms with E-state index in [-0.39, 0.29) is 10.7 Å². The molecule has 0 aliphatic carbocycles. The lowest BCUT2D eigenvalue weighted by Crippen LogP contribution is -2.13. The summed E-state index contributed by atoms with van der Waals surface area (Å²) in [6, 6.07) is 6.58. The number of primary amides is 1. The number of benzene rings is 1. The zero-order valence-corrected chi connectivity index (χ0v) is 12.1. The van der Waals surface area contributed by atoms with Gasteiger partial charge in [0, 0.05) is 0 Å². The first-order chi connectivity index (χ1) is 9.45. The highest BCUT2D eigenvalue weighted by molar-refractivity contribution is 7.73. The average molecular weight is 309 g/mol. The van der Waals surface area contributed by atoms with Crippen LogP contribution in [-0.4, -0.2) is 23.6 Å². The molecule has 104 valence electrons. The standard InChI is InChI=1S/C12H11N3O3S2/c1-18-11(17)6-3-2-4-7(5-6)15-9(13)8(10(14)16)20-12(15)19/h2-5H,13H2,1H3,(H2,14,16). The number of carbonyl (C=O) groups is 2. The van der Waals surface area contributed by atoms with Crippen molar-refractivity contribution < 1.29 is 14.3 Å². The molecule has 4 N–H and O–H groups in total. The third kappa shape index (κ3) is 2.43. The Balaban J connectivity index is 2.61. The van der Waals surface area contributed by atoms with Crippen molar-refractivity contribution in [1.29, 1.82) is 0 Å². The Bertz CT molecular complexity index is 749. The van der Waals surface area contributed by atoms with Crippen LogP contribution in [0, 0.1) is 3.95 Å². The molecule has 0 radical (unpaired) electrons. The van der Waals surface area contributed by atoms with Gasteiger partial charge in [-0.2, -0.15) is 0 Å². The summed E-state index contributed by atoms with van der Waals surface area (Å²) < 4.78 is 6.52. The maximum Gasteiger partial charge on any atom is 0.337 e. The molecule has 1 aromatic heterocycles. The van der Waals surface area contributed by atoms with Crippen molar-refractivity contribution in [3.05, 3.63) is 38.7 Å². The van der Waals surface area contributed by atoms with E-state index in [1.165, 1.54) is 11.7 Å². The van der Waals surface area contributed by atoms with Crippen LogP contribution < -0.4 is 11.5 Å². The summed E-state index contributed by atoms with van der Waals surface area (Å²) in [5.41, 5.74) is 12.0. The fourth-order valence-corrected chi connectivity index (χ4v) is 2.92. The van der Waals surface area contributed by atoms with E-state index in [0.29, 0.717) is 15.2 Å². The Morgan fingerprint density at radius 2 is 2.10 bits per heavy atom. The summed E-state index contributed by atoms with van der Waals surface area (Å²) in [6.07, 6.45) is 0. The summed E-state index contributed by atoms with van der Waals surface area (Å²) in [5.74, 6) is -0.946. The number of nitrogens with two attached hydrogens (primary N) is 2. The van der Waals surface area contributed by atoms with E-state index in [9.17, 15) is 9.59 Å². The molecular weight excluding hydrogens is 298 g/mol. The number of nitrogens with zero attached hydrogens (tertiary/aromatic N) is 1. The van der Waals surface area contributed by atoms with Gasteiger partial charge in [0.2, 0.25) is 0 Å². The van der Waals surface area contributed by atoms with E-state index in [2.05, 4.69) is 4.74 Å². The second-order valence-electron chi connectivity index (χ2n) is 3.82. The molecule has 0 aliphatic heterocycles. The molecule has 0 saturated carbocycles. The first-order valence-electron chi connectivity index (χ1n) is 5.45. The number of rotatable bonds is 3. The van der Waals surface area contributed by atoms with Gasteiger partial charge in [0.1, 0.15) is 10.7 Å². The van der Waals surface area contributed by atoms with Crippen LogP contribution >= 0.6 is 23.6 Å². The van der Waals surface area contributed by atoms with Gasteiger partial charge in [-0.1, -0.05) is 17.4 Å². The van der Waals surface area contributed by atoms with E-state index >= 15 is 0 Å². The number of nitrogen functional groups attached to an aromatic ring is 1. The molecule has 1 aromatic carbocycles. The molecule has 8 heteroatoms. The number of methoxy groups -OCH3 is 1. The Hall–Kier alpha value is -2.19. The summed E-state index contributed by atoms with van der Waals surface area (Å²) in [6.45, 7) is 0. The van der Waals surface area contributed by atoms with Crippen molar-refractivity contribution in [3.8, 4) is 5.69 Å². The van der Waals surface area contributed by atoms with Crippen LogP contribution in [0.25, 0.3) is 5.69 Å². The number of carbonyl (C=O) groups excluding carboxylic acids is 2. The normalized spacial score (nSPS) is 10.2. The maximum absolute atomic E-state index is 11.5. The SMILES string of the molecule is COC(=O)c1cccc(-n2c(N)c(C(N)=O)sc2=S)c1. The smallest absolute Gasteiger partial charge is 0.337 e. The van der Waals surface area contributed by atoms with Gasteiger partial charge in [0.25, 0.3) is 5.91 Å². The van der Waals surface area contributed by atoms with Gasteiger partial charge >= 0.3 is 5.97 Å². The Kier molecular flexibility index (Phi) is 3.86. The predicted octanol–water partition coefficient (Wildman–Crippen LogP) is 1.74. The van der Waals surface area contributed by atoms with Crippen molar-refractivity contribution in [1.82, 2.24) is 4.57 Å². The van der Waals surface area contributed by atoms with E-state index in [1.54, 1.807) is 24.3 Å². The van der Waals surface area contributed by atoms with Gasteiger partial charge in [-0.25, -0.2) is 4.79 Å². The van der Waals surface area contributed by atoms with Gasteiger partial charge < -0.3 is 16.2 Å². The fraction of sp³-hybridized carbons (Fsp3) is 0.0833. The molecule has 0 bridgehead atoms. The molecule has 2 rings (SSSR count). The first kappa shape index (κ1) is 14.2. The quantitative estimate of drug-likeness (QED) is 0.664. The van der Waals surface area contributed by atoms with Gasteiger partial charge in [-0.3, -0.25) is 9.36 Å². The number of aromatic nitrogens is 1. The lowest BCUT2D eigenvalue weighted by Gasteiger charge is -2.07. The van der Waals surface area contributed by atoms with Crippen LogP contribution in [0.1, 0.15) is 20.0 Å². The number of hydrogen-bond acceptors (Lipinski definition) is 6. The summed E-state index contributed by atoms with van der Waals surface area (Å²) in [4.78, 5) is 23.0. The topological polar surface area (TPSA) is 100 Å². The number of thiazole rings is 1. The Morgan fingerprint density at radius 1 is 1.40 bits per heavy atom. The number of amides is 1. The summed E-state index contributed by atoms with van der Waals surface area (Å²) >= 11 is 6.20. The van der Waals surface area contributed by atoms with E-state index in [4.69, 9.17) is 23.7 Å². The van der Waals surface area contributed by atoms with Crippen LogP contribution in [0.15, 0.2) is 24.3 Å². The molecule has 0 unspecified atom stereocenters. The summed E-state index contributed by atoms with van der Waals surface area (Å²) in [7, 11) is 1.30. The van der Waals surface area contributed by atoms with Crippen molar-refractivity contribution in [3.63, 3.8) is 0 Å². The molecule has 0 fully saturated rings. The number of ether oxygens (including phenoxy) is 1. The molecule has 6 nitrogen and oxygen atoms in total. The van der Waals surface area contributed by atoms with E-state index in [1.807, 2.05) is 0 Å². The second kappa shape index (κ2) is 5.43. The third-order valence-electron chi connectivity index (χ3n) is 2.59. The third-order valence-corrected chi connectivity index (χ3v) is 4.00. The van der Waals surface area contributed by atoms with Crippen molar-refractivity contribution >= 4 is 41.2 Å². The number of hydrogen-bond donors (Lipinski definition) is 2. The minimum absolute atomic E-state index is 0.162. The van der Waals surface area contributed by atoms with Crippen LogP contribution in [-0.2, 0) is 4.74 Å². The largest absolute Gasteiger partial charge is 0.465 e. The van der Waals surface area contributed by atoms with Gasteiger partial charge in [0.15, 0.2) is 3.95 Å². The monoisotopic (exact) mass is 309 g/mol. The average Bonchev–Trinajstić information content (AvgIpc) is 2.73. The van der Waals surface area contributed by atoms with Gasteiger partial charge in [-0.05, 0) is 30.4 Å². The van der Waals surface area contributed by atoms with Crippen molar-refractivity contribution in [2.75, 3.05) is 12.8 Å². The highest BCUT2D eigenvalue weighted by atomic mass is 32.1. The molecule has 1 heterocycles. The number of esters is 1. The molecule has 0 atom stereocenters. The lowest BCUT2D eigenvalue weighted by molar-refractivity contribution is 0.0600. The second-order valence-corrected chi connectivity index (χ2v) is 5.47. The van der Waals surface area contributed by atoms with E-state index < -0.39 is 11.9 Å². The Labute approximate surface area is 123 Å². The van der Waals surface area contributed by atoms with Crippen LogP contribution in [0.3, 0.4) is 0 Å². The summed E-state index contributed by atoms with van der Waals surface area (Å²) in [5, 5.41) is 0. The molecule has 2 aromatic rings. The fourth-order valence-electron chi connectivity index (χ4n) is 1.70. The van der Waals surface area contributed by atoms with Crippen LogP contribution in [0.5, 0.6) is 0 Å². The zero-order chi connectivity index (χ0) is 14.9. The minimum atomic E-state index is -0.638.